The van der Waals surface area contributed by atoms with E-state index in [1.54, 1.807) is 18.3 Å². The Balaban J connectivity index is 2.51. The smallest absolute Gasteiger partial charge is 0.135 e. The summed E-state index contributed by atoms with van der Waals surface area (Å²) in [6, 6.07) is 9.95. The van der Waals surface area contributed by atoms with Crippen molar-refractivity contribution < 1.29 is 4.79 Å². The van der Waals surface area contributed by atoms with Gasteiger partial charge >= 0.3 is 0 Å². The zero-order valence-electron chi connectivity index (χ0n) is 14.7. The van der Waals surface area contributed by atoms with Gasteiger partial charge in [0.25, 0.3) is 0 Å². The third kappa shape index (κ3) is 4.03. The van der Waals surface area contributed by atoms with Gasteiger partial charge in [-0.1, -0.05) is 19.1 Å². The molecule has 2 aromatic rings. The third-order valence-electron chi connectivity index (χ3n) is 3.96. The standard InChI is InChI=1S/C19H25N3OS/c1-5-16(23)11-19(4,22-13(3)20)17-9-12(2)18(24-17)14-7-6-8-15(21)10-14/h6-10H,5,11,21H2,1-4H3,(H2,20,22)/t19-/m0/s1. The summed E-state index contributed by atoms with van der Waals surface area (Å²) in [6.45, 7) is 7.68. The molecule has 0 bridgehead atoms. The quantitative estimate of drug-likeness (QED) is 0.467. The molecule has 0 saturated heterocycles. The molecular formula is C19H25N3OS. The molecule has 5 heteroatoms. The minimum Gasteiger partial charge on any atom is -0.399 e. The number of anilines is 1. The SMILES string of the molecule is CCC(=O)C[C@](C)(N=C(C)N)c1cc(C)c(-c2cccc(N)c2)s1. The number of nitrogens with zero attached hydrogens (tertiary/aromatic N) is 1. The largest absolute Gasteiger partial charge is 0.399 e. The highest BCUT2D eigenvalue weighted by Crippen LogP contribution is 2.41. The molecular weight excluding hydrogens is 318 g/mol. The molecule has 1 atom stereocenters. The summed E-state index contributed by atoms with van der Waals surface area (Å²) in [5.74, 6) is 0.664. The molecule has 1 heterocycles. The summed E-state index contributed by atoms with van der Waals surface area (Å²) in [7, 11) is 0. The van der Waals surface area contributed by atoms with Crippen LogP contribution in [-0.2, 0) is 10.3 Å². The van der Waals surface area contributed by atoms with Crippen molar-refractivity contribution in [1.29, 1.82) is 0 Å². The van der Waals surface area contributed by atoms with E-state index in [0.29, 0.717) is 18.7 Å². The molecule has 0 unspecified atom stereocenters. The first kappa shape index (κ1) is 18.2. The Kier molecular flexibility index (Phi) is 5.44. The Labute approximate surface area is 147 Å². The number of amidine groups is 1. The molecule has 0 fully saturated rings. The lowest BCUT2D eigenvalue weighted by Gasteiger charge is -2.23. The highest BCUT2D eigenvalue weighted by molar-refractivity contribution is 7.15. The maximum atomic E-state index is 12.1. The van der Waals surface area contributed by atoms with E-state index in [0.717, 1.165) is 26.6 Å². The Morgan fingerprint density at radius 3 is 2.62 bits per heavy atom. The molecule has 0 aliphatic heterocycles. The molecule has 2 rings (SSSR count). The van der Waals surface area contributed by atoms with Crippen molar-refractivity contribution in [2.24, 2.45) is 10.7 Å². The molecule has 0 saturated carbocycles. The van der Waals surface area contributed by atoms with Crippen molar-refractivity contribution in [1.82, 2.24) is 0 Å². The number of nitrogen functional groups attached to an aromatic ring is 1. The number of ketones is 1. The number of hydrogen-bond acceptors (Lipinski definition) is 4. The zero-order valence-corrected chi connectivity index (χ0v) is 15.5. The number of thiophene rings is 1. The average molecular weight is 343 g/mol. The minimum absolute atomic E-state index is 0.180. The van der Waals surface area contributed by atoms with Crippen LogP contribution in [0.4, 0.5) is 5.69 Å². The summed E-state index contributed by atoms with van der Waals surface area (Å²) in [6.07, 6.45) is 0.857. The first-order valence-electron chi connectivity index (χ1n) is 8.05. The Hall–Kier alpha value is -2.14. The number of nitrogens with two attached hydrogens (primary N) is 2. The minimum atomic E-state index is -0.625. The number of aryl methyl sites for hydroxylation is 1. The van der Waals surface area contributed by atoms with Crippen molar-refractivity contribution >= 4 is 28.6 Å². The van der Waals surface area contributed by atoms with Crippen molar-refractivity contribution in [2.75, 3.05) is 5.73 Å². The molecule has 24 heavy (non-hydrogen) atoms. The van der Waals surface area contributed by atoms with E-state index in [4.69, 9.17) is 11.5 Å². The normalized spacial score (nSPS) is 14.4. The first-order valence-corrected chi connectivity index (χ1v) is 8.87. The van der Waals surface area contributed by atoms with Gasteiger partial charge in [-0.3, -0.25) is 9.79 Å². The lowest BCUT2D eigenvalue weighted by atomic mass is 9.92. The van der Waals surface area contributed by atoms with Crippen LogP contribution >= 0.6 is 11.3 Å². The molecule has 0 amide bonds. The monoisotopic (exact) mass is 343 g/mol. The maximum Gasteiger partial charge on any atom is 0.135 e. The van der Waals surface area contributed by atoms with Gasteiger partial charge in [0.1, 0.15) is 11.3 Å². The molecule has 0 radical (unpaired) electrons. The van der Waals surface area contributed by atoms with Crippen molar-refractivity contribution in [3.8, 4) is 10.4 Å². The predicted molar refractivity (Wildman–Crippen MR) is 103 cm³/mol. The van der Waals surface area contributed by atoms with E-state index < -0.39 is 5.54 Å². The van der Waals surface area contributed by atoms with Gasteiger partial charge in [-0.25, -0.2) is 0 Å². The molecule has 4 nitrogen and oxygen atoms in total. The van der Waals surface area contributed by atoms with Gasteiger partial charge < -0.3 is 11.5 Å². The second kappa shape index (κ2) is 7.18. The summed E-state index contributed by atoms with van der Waals surface area (Å²) >= 11 is 1.65. The fraction of sp³-hybridized carbons (Fsp3) is 0.368. The molecule has 128 valence electrons. The van der Waals surface area contributed by atoms with Crippen LogP contribution in [-0.4, -0.2) is 11.6 Å². The number of Topliss-reactive ketones (excluding diaryl/α,β-unsaturated/α-hetero) is 1. The van der Waals surface area contributed by atoms with Crippen molar-refractivity contribution in [2.45, 2.75) is 46.1 Å². The van der Waals surface area contributed by atoms with Gasteiger partial charge in [0.15, 0.2) is 0 Å². The summed E-state index contributed by atoms with van der Waals surface area (Å²) in [5, 5.41) is 0. The van der Waals surface area contributed by atoms with Crippen LogP contribution in [0.15, 0.2) is 35.3 Å². The predicted octanol–water partition coefficient (Wildman–Crippen LogP) is 4.27. The van der Waals surface area contributed by atoms with E-state index in [1.165, 1.54) is 0 Å². The van der Waals surface area contributed by atoms with Crippen molar-refractivity contribution in [3.63, 3.8) is 0 Å². The molecule has 1 aromatic carbocycles. The first-order chi connectivity index (χ1) is 11.2. The van der Waals surface area contributed by atoms with Crippen molar-refractivity contribution in [3.05, 3.63) is 40.8 Å². The number of aliphatic imine (C=N–C) groups is 1. The Bertz CT molecular complexity index is 775. The number of carbonyl (C=O) groups is 1. The van der Waals surface area contributed by atoms with Crippen LogP contribution in [0.3, 0.4) is 0 Å². The Morgan fingerprint density at radius 1 is 1.33 bits per heavy atom. The summed E-state index contributed by atoms with van der Waals surface area (Å²) in [5.41, 5.74) is 14.1. The van der Waals surface area contributed by atoms with Gasteiger partial charge in [0.2, 0.25) is 0 Å². The summed E-state index contributed by atoms with van der Waals surface area (Å²) in [4.78, 5) is 18.9. The van der Waals surface area contributed by atoms with E-state index in [9.17, 15) is 4.79 Å². The van der Waals surface area contributed by atoms with Gasteiger partial charge in [-0.2, -0.15) is 0 Å². The van der Waals surface area contributed by atoms with E-state index >= 15 is 0 Å². The lowest BCUT2D eigenvalue weighted by Crippen LogP contribution is -2.25. The van der Waals surface area contributed by atoms with Gasteiger partial charge in [0.05, 0.1) is 5.84 Å². The number of rotatable bonds is 6. The average Bonchev–Trinajstić information content (AvgIpc) is 2.89. The number of hydrogen-bond donors (Lipinski definition) is 2. The van der Waals surface area contributed by atoms with Crippen LogP contribution in [0, 0.1) is 6.92 Å². The molecule has 0 aliphatic rings. The van der Waals surface area contributed by atoms with Gasteiger partial charge in [-0.05, 0) is 50.1 Å². The molecule has 4 N–H and O–H groups in total. The number of benzene rings is 1. The van der Waals surface area contributed by atoms with Gasteiger partial charge in [0, 0.05) is 28.3 Å². The second-order valence-corrected chi connectivity index (χ2v) is 7.40. The fourth-order valence-electron chi connectivity index (χ4n) is 2.79. The summed E-state index contributed by atoms with van der Waals surface area (Å²) < 4.78 is 0. The van der Waals surface area contributed by atoms with E-state index in [1.807, 2.05) is 38.1 Å². The zero-order chi connectivity index (χ0) is 17.9. The lowest BCUT2D eigenvalue weighted by molar-refractivity contribution is -0.119. The van der Waals surface area contributed by atoms with Crippen LogP contribution in [0.1, 0.15) is 44.1 Å². The van der Waals surface area contributed by atoms with Crippen LogP contribution in [0.2, 0.25) is 0 Å². The van der Waals surface area contributed by atoms with Gasteiger partial charge in [-0.15, -0.1) is 11.3 Å². The number of carbonyl (C=O) groups excluding carboxylic acids is 1. The second-order valence-electron chi connectivity index (χ2n) is 6.34. The van der Waals surface area contributed by atoms with Crippen LogP contribution in [0.5, 0.6) is 0 Å². The third-order valence-corrected chi connectivity index (χ3v) is 5.50. The molecule has 1 aromatic heterocycles. The molecule has 0 aliphatic carbocycles. The van der Waals surface area contributed by atoms with E-state index in [-0.39, 0.29) is 5.78 Å². The topological polar surface area (TPSA) is 81.5 Å². The fourth-order valence-corrected chi connectivity index (χ4v) is 4.05. The van der Waals surface area contributed by atoms with E-state index in [2.05, 4.69) is 18.0 Å². The van der Waals surface area contributed by atoms with Crippen LogP contribution < -0.4 is 11.5 Å². The highest BCUT2D eigenvalue weighted by atomic mass is 32.1. The van der Waals surface area contributed by atoms with Crippen LogP contribution in [0.25, 0.3) is 10.4 Å². The molecule has 0 spiro atoms. The highest BCUT2D eigenvalue weighted by Gasteiger charge is 2.31. The maximum absolute atomic E-state index is 12.1. The Morgan fingerprint density at radius 2 is 2.04 bits per heavy atom.